The fourth-order valence-electron chi connectivity index (χ4n) is 1.47. The lowest BCUT2D eigenvalue weighted by Crippen LogP contribution is -2.05. The highest BCUT2D eigenvalue weighted by Gasteiger charge is 2.03. The predicted octanol–water partition coefficient (Wildman–Crippen LogP) is 3.03. The Morgan fingerprint density at radius 2 is 2.13 bits per heavy atom. The molecule has 1 aromatic heterocycles. The van der Waals surface area contributed by atoms with E-state index in [0.29, 0.717) is 0 Å². The highest BCUT2D eigenvalue weighted by atomic mass is 32.2. The summed E-state index contributed by atoms with van der Waals surface area (Å²) in [5, 5.41) is 0.776. The minimum atomic E-state index is 0.141. The summed E-state index contributed by atoms with van der Waals surface area (Å²) in [6.45, 7) is 2.11. The maximum absolute atomic E-state index is 12.0. The molecule has 0 aliphatic heterocycles. The molecule has 0 saturated heterocycles. The molecule has 0 bridgehead atoms. The number of hydrogen-bond acceptors (Lipinski definition) is 2. The molecule has 0 fully saturated rings. The molecule has 0 aliphatic rings. The fourth-order valence-corrected chi connectivity index (χ4v) is 2.28. The molecule has 0 saturated carbocycles. The van der Waals surface area contributed by atoms with Crippen LogP contribution in [0.25, 0.3) is 10.9 Å². The van der Waals surface area contributed by atoms with Crippen LogP contribution in [0.2, 0.25) is 0 Å². The normalized spacial score (nSPS) is 10.7. The van der Waals surface area contributed by atoms with Gasteiger partial charge < -0.3 is 4.98 Å². The van der Waals surface area contributed by atoms with Crippen molar-refractivity contribution in [3.05, 3.63) is 40.7 Å². The zero-order chi connectivity index (χ0) is 10.7. The summed E-state index contributed by atoms with van der Waals surface area (Å²) in [6, 6.07) is 7.61. The molecule has 78 valence electrons. The van der Waals surface area contributed by atoms with Crippen molar-refractivity contribution in [1.82, 2.24) is 4.98 Å². The molecule has 1 aromatic carbocycles. The molecule has 0 spiro atoms. The number of nitrogens with one attached hydrogen (secondary N) is 1. The molecule has 2 nitrogen and oxygen atoms in total. The van der Waals surface area contributed by atoms with Crippen LogP contribution < -0.4 is 5.43 Å². The summed E-state index contributed by atoms with van der Waals surface area (Å²) in [6.07, 6.45) is 2.89. The Labute approximate surface area is 92.7 Å². The van der Waals surface area contributed by atoms with Gasteiger partial charge in [-0.15, -0.1) is 11.8 Å². The fraction of sp³-hybridized carbons (Fsp3) is 0.250. The van der Waals surface area contributed by atoms with Crippen LogP contribution in [0.4, 0.5) is 0 Å². The SMILES string of the molecule is CCCSc1c[nH]c2ccccc2c1=O. The van der Waals surface area contributed by atoms with Gasteiger partial charge in [0.05, 0.1) is 4.90 Å². The van der Waals surface area contributed by atoms with Gasteiger partial charge in [0, 0.05) is 17.1 Å². The molecule has 2 aromatic rings. The minimum Gasteiger partial charge on any atom is -0.360 e. The van der Waals surface area contributed by atoms with E-state index in [2.05, 4.69) is 11.9 Å². The van der Waals surface area contributed by atoms with Crippen LogP contribution in [0.1, 0.15) is 13.3 Å². The largest absolute Gasteiger partial charge is 0.360 e. The van der Waals surface area contributed by atoms with Crippen LogP contribution in [-0.4, -0.2) is 10.7 Å². The summed E-state index contributed by atoms with van der Waals surface area (Å²) in [5.74, 6) is 0.988. The van der Waals surface area contributed by atoms with Crippen LogP contribution in [0.5, 0.6) is 0 Å². The average molecular weight is 219 g/mol. The summed E-state index contributed by atoms with van der Waals surface area (Å²) >= 11 is 1.62. The Bertz CT molecular complexity index is 518. The molecular formula is C12H13NOS. The summed E-state index contributed by atoms with van der Waals surface area (Å²) in [7, 11) is 0. The van der Waals surface area contributed by atoms with Gasteiger partial charge in [0.15, 0.2) is 0 Å². The first-order valence-corrected chi connectivity index (χ1v) is 6.04. The monoisotopic (exact) mass is 219 g/mol. The topological polar surface area (TPSA) is 32.9 Å². The number of benzene rings is 1. The van der Waals surface area contributed by atoms with Crippen molar-refractivity contribution in [1.29, 1.82) is 0 Å². The standard InChI is InChI=1S/C12H13NOS/c1-2-7-15-11-8-13-10-6-4-3-5-9(10)12(11)14/h3-6,8H,2,7H2,1H3,(H,13,14). The lowest BCUT2D eigenvalue weighted by molar-refractivity contribution is 1.10. The molecule has 0 amide bonds. The first-order chi connectivity index (χ1) is 7.33. The Morgan fingerprint density at radius 3 is 2.93 bits per heavy atom. The third kappa shape index (κ3) is 2.07. The smallest absolute Gasteiger partial charge is 0.202 e. The van der Waals surface area contributed by atoms with E-state index in [0.717, 1.165) is 28.0 Å². The van der Waals surface area contributed by atoms with Crippen LogP contribution >= 0.6 is 11.8 Å². The predicted molar refractivity (Wildman–Crippen MR) is 65.6 cm³/mol. The molecule has 1 heterocycles. The Kier molecular flexibility index (Phi) is 3.11. The van der Waals surface area contributed by atoms with Gasteiger partial charge >= 0.3 is 0 Å². The second-order valence-corrected chi connectivity index (χ2v) is 4.51. The zero-order valence-corrected chi connectivity index (χ0v) is 9.43. The number of para-hydroxylation sites is 1. The number of thioether (sulfide) groups is 1. The highest BCUT2D eigenvalue weighted by molar-refractivity contribution is 7.99. The maximum Gasteiger partial charge on any atom is 0.202 e. The zero-order valence-electron chi connectivity index (χ0n) is 8.62. The van der Waals surface area contributed by atoms with E-state index < -0.39 is 0 Å². The summed E-state index contributed by atoms with van der Waals surface area (Å²) in [4.78, 5) is 16.0. The van der Waals surface area contributed by atoms with E-state index in [-0.39, 0.29) is 5.43 Å². The number of hydrogen-bond donors (Lipinski definition) is 1. The van der Waals surface area contributed by atoms with E-state index in [1.165, 1.54) is 0 Å². The van der Waals surface area contributed by atoms with Crippen molar-refractivity contribution in [2.45, 2.75) is 18.2 Å². The van der Waals surface area contributed by atoms with Crippen molar-refractivity contribution in [3.63, 3.8) is 0 Å². The molecule has 0 atom stereocenters. The van der Waals surface area contributed by atoms with Crippen LogP contribution in [-0.2, 0) is 0 Å². The van der Waals surface area contributed by atoms with Gasteiger partial charge in [0.2, 0.25) is 5.43 Å². The summed E-state index contributed by atoms with van der Waals surface area (Å²) in [5.41, 5.74) is 1.05. The Balaban J connectivity index is 2.51. The van der Waals surface area contributed by atoms with E-state index in [1.54, 1.807) is 11.8 Å². The van der Waals surface area contributed by atoms with Gasteiger partial charge in [0.25, 0.3) is 0 Å². The van der Waals surface area contributed by atoms with Gasteiger partial charge in [-0.05, 0) is 24.3 Å². The van der Waals surface area contributed by atoms with Gasteiger partial charge in [-0.1, -0.05) is 19.1 Å². The Morgan fingerprint density at radius 1 is 1.33 bits per heavy atom. The average Bonchev–Trinajstić information content (AvgIpc) is 2.29. The molecule has 0 radical (unpaired) electrons. The van der Waals surface area contributed by atoms with Gasteiger partial charge in [-0.3, -0.25) is 4.79 Å². The van der Waals surface area contributed by atoms with Crippen LogP contribution in [0.15, 0.2) is 40.2 Å². The minimum absolute atomic E-state index is 0.141. The molecule has 0 unspecified atom stereocenters. The number of H-pyrrole nitrogens is 1. The van der Waals surface area contributed by atoms with Crippen molar-refractivity contribution < 1.29 is 0 Å². The molecule has 3 heteroatoms. The Hall–Kier alpha value is -1.22. The van der Waals surface area contributed by atoms with Crippen molar-refractivity contribution in [2.75, 3.05) is 5.75 Å². The quantitative estimate of drug-likeness (QED) is 0.805. The van der Waals surface area contributed by atoms with Crippen LogP contribution in [0, 0.1) is 0 Å². The number of aromatic amines is 1. The number of aromatic nitrogens is 1. The molecule has 1 N–H and O–H groups in total. The van der Waals surface area contributed by atoms with Crippen molar-refractivity contribution in [3.8, 4) is 0 Å². The molecule has 15 heavy (non-hydrogen) atoms. The lowest BCUT2D eigenvalue weighted by atomic mass is 10.2. The maximum atomic E-state index is 12.0. The third-order valence-electron chi connectivity index (χ3n) is 2.22. The molecule has 0 aliphatic carbocycles. The lowest BCUT2D eigenvalue weighted by Gasteiger charge is -2.01. The van der Waals surface area contributed by atoms with Gasteiger partial charge in [-0.2, -0.15) is 0 Å². The second-order valence-electron chi connectivity index (χ2n) is 3.38. The van der Waals surface area contributed by atoms with Gasteiger partial charge in [-0.25, -0.2) is 0 Å². The number of rotatable bonds is 3. The van der Waals surface area contributed by atoms with Crippen molar-refractivity contribution in [2.24, 2.45) is 0 Å². The first kappa shape index (κ1) is 10.3. The molecule has 2 rings (SSSR count). The third-order valence-corrected chi connectivity index (χ3v) is 3.44. The number of pyridine rings is 1. The van der Waals surface area contributed by atoms with E-state index in [9.17, 15) is 4.79 Å². The summed E-state index contributed by atoms with van der Waals surface area (Å²) < 4.78 is 0. The van der Waals surface area contributed by atoms with Crippen molar-refractivity contribution >= 4 is 22.7 Å². The van der Waals surface area contributed by atoms with Gasteiger partial charge in [0.1, 0.15) is 0 Å². The van der Waals surface area contributed by atoms with E-state index >= 15 is 0 Å². The second kappa shape index (κ2) is 4.53. The van der Waals surface area contributed by atoms with Crippen LogP contribution in [0.3, 0.4) is 0 Å². The highest BCUT2D eigenvalue weighted by Crippen LogP contribution is 2.16. The van der Waals surface area contributed by atoms with E-state index in [4.69, 9.17) is 0 Å². The molecular weight excluding hydrogens is 206 g/mol. The first-order valence-electron chi connectivity index (χ1n) is 5.06. The number of fused-ring (bicyclic) bond motifs is 1. The van der Waals surface area contributed by atoms with E-state index in [1.807, 2.05) is 30.5 Å².